The number of rotatable bonds is 5. The second-order valence-corrected chi connectivity index (χ2v) is 6.93. The van der Waals surface area contributed by atoms with Crippen molar-refractivity contribution in [3.8, 4) is 17.1 Å². The van der Waals surface area contributed by atoms with Crippen LogP contribution in [0.5, 0.6) is 5.88 Å². The Bertz CT molecular complexity index is 730. The van der Waals surface area contributed by atoms with Crippen LogP contribution in [0.4, 0.5) is 0 Å². The fraction of sp³-hybridized carbons (Fsp3) is 0.450. The highest BCUT2D eigenvalue weighted by Crippen LogP contribution is 2.23. The Hall–Kier alpha value is -2.47. The Morgan fingerprint density at radius 1 is 1.15 bits per heavy atom. The third-order valence-electron chi connectivity index (χ3n) is 5.05. The van der Waals surface area contributed by atoms with Crippen LogP contribution < -0.4 is 4.74 Å². The van der Waals surface area contributed by atoms with Crippen LogP contribution in [0.2, 0.25) is 0 Å². The largest absolute Gasteiger partial charge is 0.476 e. The number of carbonyl (C=O) groups excluding carboxylic acids is 1. The van der Waals surface area contributed by atoms with Crippen LogP contribution in [0, 0.1) is 11.8 Å². The summed E-state index contributed by atoms with van der Waals surface area (Å²) in [6.45, 7) is 3.39. The zero-order chi connectivity index (χ0) is 17.8. The van der Waals surface area contributed by atoms with E-state index in [1.807, 2.05) is 47.4 Å². The molecule has 2 aromatic rings. The SMILES string of the molecule is O=C(C1CCOC1)N1CCC(COc2ccc(-c3ccccc3)nn2)C1. The van der Waals surface area contributed by atoms with Gasteiger partial charge in [-0.3, -0.25) is 4.79 Å². The summed E-state index contributed by atoms with van der Waals surface area (Å²) in [6, 6.07) is 13.7. The van der Waals surface area contributed by atoms with E-state index >= 15 is 0 Å². The molecule has 6 nitrogen and oxygen atoms in total. The third-order valence-corrected chi connectivity index (χ3v) is 5.05. The minimum Gasteiger partial charge on any atom is -0.476 e. The lowest BCUT2D eigenvalue weighted by Crippen LogP contribution is -2.35. The van der Waals surface area contributed by atoms with Gasteiger partial charge in [0.2, 0.25) is 11.8 Å². The molecule has 6 heteroatoms. The maximum absolute atomic E-state index is 12.4. The van der Waals surface area contributed by atoms with Crippen molar-refractivity contribution >= 4 is 5.91 Å². The molecule has 0 aliphatic carbocycles. The third kappa shape index (κ3) is 3.85. The fourth-order valence-electron chi connectivity index (χ4n) is 3.52. The molecule has 26 heavy (non-hydrogen) atoms. The van der Waals surface area contributed by atoms with Crippen molar-refractivity contribution in [3.05, 3.63) is 42.5 Å². The Balaban J connectivity index is 1.27. The van der Waals surface area contributed by atoms with E-state index in [0.717, 1.165) is 37.2 Å². The van der Waals surface area contributed by atoms with Crippen molar-refractivity contribution in [3.63, 3.8) is 0 Å². The average molecular weight is 353 g/mol. The van der Waals surface area contributed by atoms with Crippen LogP contribution in [0.3, 0.4) is 0 Å². The van der Waals surface area contributed by atoms with Crippen molar-refractivity contribution < 1.29 is 14.3 Å². The van der Waals surface area contributed by atoms with Gasteiger partial charge in [0.05, 0.1) is 24.8 Å². The van der Waals surface area contributed by atoms with Gasteiger partial charge in [-0.1, -0.05) is 30.3 Å². The molecule has 0 bridgehead atoms. The minimum atomic E-state index is 0.0473. The summed E-state index contributed by atoms with van der Waals surface area (Å²) in [4.78, 5) is 14.4. The van der Waals surface area contributed by atoms with Crippen molar-refractivity contribution in [1.82, 2.24) is 15.1 Å². The molecule has 0 spiro atoms. The summed E-state index contributed by atoms with van der Waals surface area (Å²) < 4.78 is 11.1. The second-order valence-electron chi connectivity index (χ2n) is 6.93. The lowest BCUT2D eigenvalue weighted by molar-refractivity contribution is -0.134. The summed E-state index contributed by atoms with van der Waals surface area (Å²) in [5.41, 5.74) is 1.86. The summed E-state index contributed by atoms with van der Waals surface area (Å²) in [5, 5.41) is 8.40. The van der Waals surface area contributed by atoms with Crippen LogP contribution >= 0.6 is 0 Å². The molecule has 2 atom stereocenters. The number of likely N-dealkylation sites (tertiary alicyclic amines) is 1. The minimum absolute atomic E-state index is 0.0473. The van der Waals surface area contributed by atoms with Crippen LogP contribution in [-0.4, -0.2) is 53.9 Å². The van der Waals surface area contributed by atoms with E-state index in [1.165, 1.54) is 0 Å². The predicted molar refractivity (Wildman–Crippen MR) is 96.6 cm³/mol. The number of nitrogens with zero attached hydrogens (tertiary/aromatic N) is 3. The highest BCUT2D eigenvalue weighted by Gasteiger charge is 2.33. The van der Waals surface area contributed by atoms with Crippen molar-refractivity contribution in [2.24, 2.45) is 11.8 Å². The monoisotopic (exact) mass is 353 g/mol. The van der Waals surface area contributed by atoms with Gasteiger partial charge >= 0.3 is 0 Å². The number of aromatic nitrogens is 2. The van der Waals surface area contributed by atoms with Gasteiger partial charge in [-0.25, -0.2) is 0 Å². The van der Waals surface area contributed by atoms with Gasteiger partial charge in [0, 0.05) is 37.2 Å². The fourth-order valence-corrected chi connectivity index (χ4v) is 3.52. The standard InChI is InChI=1S/C20H23N3O3/c24-20(17-9-11-25-14-17)23-10-8-15(12-23)13-26-19-7-6-18(21-22-19)16-4-2-1-3-5-16/h1-7,15,17H,8-14H2. The van der Waals surface area contributed by atoms with E-state index in [-0.39, 0.29) is 11.8 Å². The van der Waals surface area contributed by atoms with Crippen molar-refractivity contribution in [1.29, 1.82) is 0 Å². The number of ether oxygens (including phenoxy) is 2. The first kappa shape index (κ1) is 17.0. The van der Waals surface area contributed by atoms with Crippen LogP contribution in [0.1, 0.15) is 12.8 Å². The lowest BCUT2D eigenvalue weighted by Gasteiger charge is -2.19. The van der Waals surface area contributed by atoms with Crippen LogP contribution in [0.25, 0.3) is 11.3 Å². The van der Waals surface area contributed by atoms with E-state index in [0.29, 0.717) is 31.6 Å². The van der Waals surface area contributed by atoms with Crippen LogP contribution in [0.15, 0.2) is 42.5 Å². The molecule has 1 aromatic heterocycles. The molecule has 3 heterocycles. The van der Waals surface area contributed by atoms with Gasteiger partial charge in [0.25, 0.3) is 0 Å². The van der Waals surface area contributed by atoms with E-state index in [1.54, 1.807) is 0 Å². The van der Waals surface area contributed by atoms with Crippen molar-refractivity contribution in [2.45, 2.75) is 12.8 Å². The normalized spacial score (nSPS) is 22.5. The van der Waals surface area contributed by atoms with Gasteiger partial charge in [0.15, 0.2) is 0 Å². The number of amides is 1. The number of benzene rings is 1. The predicted octanol–water partition coefficient (Wildman–Crippen LogP) is 2.41. The Morgan fingerprint density at radius 2 is 2.04 bits per heavy atom. The maximum atomic E-state index is 12.4. The molecule has 1 amide bonds. The summed E-state index contributed by atoms with van der Waals surface area (Å²) in [5.74, 6) is 1.15. The molecule has 0 radical (unpaired) electrons. The zero-order valence-corrected chi connectivity index (χ0v) is 14.7. The number of carbonyl (C=O) groups is 1. The van der Waals surface area contributed by atoms with Gasteiger partial charge < -0.3 is 14.4 Å². The molecule has 1 aromatic carbocycles. The first-order valence-electron chi connectivity index (χ1n) is 9.18. The summed E-state index contributed by atoms with van der Waals surface area (Å²) in [7, 11) is 0. The summed E-state index contributed by atoms with van der Waals surface area (Å²) >= 11 is 0. The molecule has 4 rings (SSSR count). The van der Waals surface area contributed by atoms with E-state index < -0.39 is 0 Å². The van der Waals surface area contributed by atoms with Gasteiger partial charge in [-0.15, -0.1) is 10.2 Å². The van der Waals surface area contributed by atoms with E-state index in [9.17, 15) is 4.79 Å². The van der Waals surface area contributed by atoms with Gasteiger partial charge in [0.1, 0.15) is 0 Å². The molecule has 0 N–H and O–H groups in total. The second kappa shape index (κ2) is 7.83. The highest BCUT2D eigenvalue weighted by atomic mass is 16.5. The average Bonchev–Trinajstić information content (AvgIpc) is 3.39. The summed E-state index contributed by atoms with van der Waals surface area (Å²) in [6.07, 6.45) is 1.81. The van der Waals surface area contributed by atoms with Gasteiger partial charge in [-0.05, 0) is 18.9 Å². The maximum Gasteiger partial charge on any atom is 0.233 e. The zero-order valence-electron chi connectivity index (χ0n) is 14.7. The molecule has 136 valence electrons. The quantitative estimate of drug-likeness (QED) is 0.826. The number of hydrogen-bond acceptors (Lipinski definition) is 5. The van der Waals surface area contributed by atoms with Gasteiger partial charge in [-0.2, -0.15) is 0 Å². The Kier molecular flexibility index (Phi) is 5.11. The Labute approximate surface area is 153 Å². The highest BCUT2D eigenvalue weighted by molar-refractivity contribution is 5.79. The molecule has 2 aliphatic rings. The molecular formula is C20H23N3O3. The number of hydrogen-bond donors (Lipinski definition) is 0. The smallest absolute Gasteiger partial charge is 0.233 e. The molecule has 2 fully saturated rings. The topological polar surface area (TPSA) is 64.5 Å². The molecule has 2 aliphatic heterocycles. The molecule has 2 unspecified atom stereocenters. The first-order valence-corrected chi connectivity index (χ1v) is 9.18. The molecular weight excluding hydrogens is 330 g/mol. The molecule has 2 saturated heterocycles. The van der Waals surface area contributed by atoms with E-state index in [2.05, 4.69) is 10.2 Å². The van der Waals surface area contributed by atoms with Crippen LogP contribution in [-0.2, 0) is 9.53 Å². The molecule has 0 saturated carbocycles. The van der Waals surface area contributed by atoms with Crippen molar-refractivity contribution in [2.75, 3.05) is 32.9 Å². The first-order chi connectivity index (χ1) is 12.8. The lowest BCUT2D eigenvalue weighted by atomic mass is 10.1. The Morgan fingerprint density at radius 3 is 2.77 bits per heavy atom. The van der Waals surface area contributed by atoms with E-state index in [4.69, 9.17) is 9.47 Å².